The number of hydrogen-bond donors (Lipinski definition) is 1. The third-order valence-corrected chi connectivity index (χ3v) is 4.63. The zero-order valence-electron chi connectivity index (χ0n) is 10.7. The van der Waals surface area contributed by atoms with E-state index in [0.29, 0.717) is 28.4 Å². The lowest BCUT2D eigenvalue weighted by Crippen LogP contribution is -2.15. The van der Waals surface area contributed by atoms with Crippen LogP contribution in [0.25, 0.3) is 0 Å². The number of nitrogens with zero attached hydrogens (tertiary/aromatic N) is 1. The molecule has 1 aliphatic rings. The summed E-state index contributed by atoms with van der Waals surface area (Å²) < 4.78 is 5.66. The zero-order chi connectivity index (χ0) is 13.9. The quantitative estimate of drug-likeness (QED) is 0.859. The largest absolute Gasteiger partial charge is 0.487 e. The predicted octanol–water partition coefficient (Wildman–Crippen LogP) is 4.28. The van der Waals surface area contributed by atoms with Crippen LogP contribution in [-0.2, 0) is 13.2 Å². The molecule has 1 aromatic heterocycles. The van der Waals surface area contributed by atoms with Gasteiger partial charge < -0.3 is 10.1 Å². The molecule has 0 spiro atoms. The normalized spacial score (nSPS) is 14.5. The molecule has 106 valence electrons. The van der Waals surface area contributed by atoms with Crippen molar-refractivity contribution < 1.29 is 4.74 Å². The summed E-state index contributed by atoms with van der Waals surface area (Å²) in [7, 11) is 0. The molecular weight excluding hydrogens is 315 g/mol. The fourth-order valence-corrected chi connectivity index (χ4v) is 2.76. The summed E-state index contributed by atoms with van der Waals surface area (Å²) in [5, 5.41) is 7.61. The highest BCUT2D eigenvalue weighted by Gasteiger charge is 2.20. The van der Waals surface area contributed by atoms with Gasteiger partial charge in [-0.3, -0.25) is 0 Å². The smallest absolute Gasteiger partial charge is 0.131 e. The second kappa shape index (κ2) is 6.31. The van der Waals surface area contributed by atoms with E-state index in [9.17, 15) is 0 Å². The Bertz CT molecular complexity index is 599. The number of aromatic nitrogens is 1. The van der Waals surface area contributed by atoms with Gasteiger partial charge >= 0.3 is 0 Å². The molecule has 1 heterocycles. The Labute approximate surface area is 131 Å². The second-order valence-electron chi connectivity index (χ2n) is 4.75. The van der Waals surface area contributed by atoms with E-state index >= 15 is 0 Å². The van der Waals surface area contributed by atoms with Crippen LogP contribution in [0.3, 0.4) is 0 Å². The Kier molecular flexibility index (Phi) is 4.46. The van der Waals surface area contributed by atoms with Gasteiger partial charge in [-0.1, -0.05) is 23.2 Å². The van der Waals surface area contributed by atoms with Gasteiger partial charge in [-0.05, 0) is 25.0 Å². The summed E-state index contributed by atoms with van der Waals surface area (Å²) in [5.41, 5.74) is 0.939. The van der Waals surface area contributed by atoms with Gasteiger partial charge in [0.1, 0.15) is 17.4 Å². The topological polar surface area (TPSA) is 34.1 Å². The number of halogens is 2. The lowest BCUT2D eigenvalue weighted by molar-refractivity contribution is 0.302. The fourth-order valence-electron chi connectivity index (χ4n) is 1.74. The van der Waals surface area contributed by atoms with Crippen molar-refractivity contribution >= 4 is 34.5 Å². The SMILES string of the molecule is Clc1ccc(OCc2csc(CNC3CC3)n2)cc1Cl. The van der Waals surface area contributed by atoms with Crippen molar-refractivity contribution in [3.63, 3.8) is 0 Å². The van der Waals surface area contributed by atoms with E-state index in [1.807, 2.05) is 5.38 Å². The Morgan fingerprint density at radius 1 is 1.30 bits per heavy atom. The third kappa shape index (κ3) is 3.85. The van der Waals surface area contributed by atoms with Crippen molar-refractivity contribution in [2.24, 2.45) is 0 Å². The highest BCUT2D eigenvalue weighted by molar-refractivity contribution is 7.09. The Balaban J connectivity index is 1.53. The van der Waals surface area contributed by atoms with Crippen LogP contribution in [0.2, 0.25) is 10.0 Å². The summed E-state index contributed by atoms with van der Waals surface area (Å²) in [6, 6.07) is 5.95. The molecule has 20 heavy (non-hydrogen) atoms. The van der Waals surface area contributed by atoms with Crippen LogP contribution in [0.4, 0.5) is 0 Å². The summed E-state index contributed by atoms with van der Waals surface area (Å²) in [6.07, 6.45) is 2.58. The first-order chi connectivity index (χ1) is 9.70. The first-order valence-electron chi connectivity index (χ1n) is 6.45. The van der Waals surface area contributed by atoms with E-state index in [4.69, 9.17) is 27.9 Å². The molecule has 0 atom stereocenters. The molecule has 1 aromatic carbocycles. The molecule has 6 heteroatoms. The number of thiazole rings is 1. The molecule has 0 bridgehead atoms. The number of ether oxygens (including phenoxy) is 1. The lowest BCUT2D eigenvalue weighted by Gasteiger charge is -2.05. The van der Waals surface area contributed by atoms with Gasteiger partial charge in [0.2, 0.25) is 0 Å². The van der Waals surface area contributed by atoms with Gasteiger partial charge in [0.05, 0.1) is 15.7 Å². The number of nitrogens with one attached hydrogen (secondary N) is 1. The van der Waals surface area contributed by atoms with Gasteiger partial charge in [-0.2, -0.15) is 0 Å². The van der Waals surface area contributed by atoms with Gasteiger partial charge in [0, 0.05) is 24.0 Å². The van der Waals surface area contributed by atoms with E-state index in [0.717, 1.165) is 17.2 Å². The van der Waals surface area contributed by atoms with Crippen LogP contribution in [0.1, 0.15) is 23.5 Å². The molecule has 0 saturated heterocycles. The van der Waals surface area contributed by atoms with Crippen LogP contribution in [-0.4, -0.2) is 11.0 Å². The number of hydrogen-bond acceptors (Lipinski definition) is 4. The number of benzene rings is 1. The van der Waals surface area contributed by atoms with Gasteiger partial charge in [0.25, 0.3) is 0 Å². The number of rotatable bonds is 6. The fraction of sp³-hybridized carbons (Fsp3) is 0.357. The molecule has 1 N–H and O–H groups in total. The van der Waals surface area contributed by atoms with Crippen molar-refractivity contribution in [3.05, 3.63) is 44.3 Å². The van der Waals surface area contributed by atoms with Crippen LogP contribution < -0.4 is 10.1 Å². The third-order valence-electron chi connectivity index (χ3n) is 3.00. The van der Waals surface area contributed by atoms with Crippen molar-refractivity contribution in [2.45, 2.75) is 32.0 Å². The maximum Gasteiger partial charge on any atom is 0.131 e. The van der Waals surface area contributed by atoms with Crippen molar-refractivity contribution in [3.8, 4) is 5.75 Å². The minimum atomic E-state index is 0.442. The summed E-state index contributed by atoms with van der Waals surface area (Å²) in [6.45, 7) is 1.29. The first-order valence-corrected chi connectivity index (χ1v) is 8.09. The van der Waals surface area contributed by atoms with Crippen LogP contribution in [0, 0.1) is 0 Å². The molecule has 1 saturated carbocycles. The molecule has 0 amide bonds. The zero-order valence-corrected chi connectivity index (χ0v) is 13.1. The van der Waals surface area contributed by atoms with E-state index < -0.39 is 0 Å². The summed E-state index contributed by atoms with van der Waals surface area (Å²) >= 11 is 13.5. The van der Waals surface area contributed by atoms with Crippen molar-refractivity contribution in [2.75, 3.05) is 0 Å². The van der Waals surface area contributed by atoms with Crippen LogP contribution in [0.5, 0.6) is 5.75 Å². The summed E-state index contributed by atoms with van der Waals surface area (Å²) in [4.78, 5) is 4.54. The minimum absolute atomic E-state index is 0.442. The average Bonchev–Trinajstić information content (AvgIpc) is 3.16. The first kappa shape index (κ1) is 14.1. The van der Waals surface area contributed by atoms with E-state index in [1.54, 1.807) is 29.5 Å². The monoisotopic (exact) mass is 328 g/mol. The van der Waals surface area contributed by atoms with Gasteiger partial charge in [-0.25, -0.2) is 4.98 Å². The maximum absolute atomic E-state index is 5.94. The molecule has 3 rings (SSSR count). The van der Waals surface area contributed by atoms with E-state index in [1.165, 1.54) is 12.8 Å². The standard InChI is InChI=1S/C14H14Cl2N2OS/c15-12-4-3-11(5-13(12)16)19-7-10-8-20-14(18-10)6-17-9-1-2-9/h3-5,8-9,17H,1-2,6-7H2. The van der Waals surface area contributed by atoms with Crippen molar-refractivity contribution in [1.82, 2.24) is 10.3 Å². The van der Waals surface area contributed by atoms with Crippen LogP contribution in [0.15, 0.2) is 23.6 Å². The molecule has 0 unspecified atom stereocenters. The highest BCUT2D eigenvalue weighted by atomic mass is 35.5. The molecule has 0 aliphatic heterocycles. The summed E-state index contributed by atoms with van der Waals surface area (Å²) in [5.74, 6) is 0.699. The molecule has 1 aliphatic carbocycles. The Morgan fingerprint density at radius 2 is 2.15 bits per heavy atom. The molecular formula is C14H14Cl2N2OS. The van der Waals surface area contributed by atoms with Gasteiger partial charge in [0.15, 0.2) is 0 Å². The van der Waals surface area contributed by atoms with Gasteiger partial charge in [-0.15, -0.1) is 11.3 Å². The van der Waals surface area contributed by atoms with E-state index in [2.05, 4.69) is 10.3 Å². The Hall–Kier alpha value is -0.810. The molecule has 1 fully saturated rings. The predicted molar refractivity (Wildman–Crippen MR) is 82.8 cm³/mol. The lowest BCUT2D eigenvalue weighted by atomic mass is 10.3. The maximum atomic E-state index is 5.94. The molecule has 2 aromatic rings. The van der Waals surface area contributed by atoms with E-state index in [-0.39, 0.29) is 0 Å². The van der Waals surface area contributed by atoms with Crippen LogP contribution >= 0.6 is 34.5 Å². The molecule has 3 nitrogen and oxygen atoms in total. The average molecular weight is 329 g/mol. The minimum Gasteiger partial charge on any atom is -0.487 e. The second-order valence-corrected chi connectivity index (χ2v) is 6.51. The molecule has 0 radical (unpaired) electrons. The highest BCUT2D eigenvalue weighted by Crippen LogP contribution is 2.27. The van der Waals surface area contributed by atoms with Crippen molar-refractivity contribution in [1.29, 1.82) is 0 Å². The Morgan fingerprint density at radius 3 is 2.90 bits per heavy atom.